The van der Waals surface area contributed by atoms with E-state index in [4.69, 9.17) is 33.2 Å². The Kier molecular flexibility index (Phi) is 4.44. The first-order valence-electron chi connectivity index (χ1n) is 11.4. The number of rotatable bonds is 4. The van der Waals surface area contributed by atoms with Gasteiger partial charge < -0.3 is 0 Å². The minimum atomic E-state index is -0.272. The second-order valence-electron chi connectivity index (χ2n) is 9.20. The summed E-state index contributed by atoms with van der Waals surface area (Å²) < 4.78 is 0. The minimum absolute atomic E-state index is 0.272. The third kappa shape index (κ3) is 2.54. The number of aromatic nitrogens is 2. The molecule has 32 heavy (non-hydrogen) atoms. The zero-order valence-electron chi connectivity index (χ0n) is 18.3. The molecule has 4 heteroatoms. The first-order valence-corrected chi connectivity index (χ1v) is 12.2. The van der Waals surface area contributed by atoms with Crippen LogP contribution in [0.2, 0.25) is 10.0 Å². The van der Waals surface area contributed by atoms with Crippen LogP contribution < -0.4 is 0 Å². The van der Waals surface area contributed by atoms with Crippen LogP contribution in [0.25, 0.3) is 21.8 Å². The Labute approximate surface area is 198 Å². The molecule has 0 unspecified atom stereocenters. The SMILES string of the molecule is CCC[C@@]12C=C[C@@](CCC)(c3cc4ccccc4cc31)c1nc3cc(Cl)c(Cl)cc3nc12. The Morgan fingerprint density at radius 3 is 1.53 bits per heavy atom. The lowest BCUT2D eigenvalue weighted by atomic mass is 9.53. The van der Waals surface area contributed by atoms with Gasteiger partial charge in [0.15, 0.2) is 0 Å². The highest BCUT2D eigenvalue weighted by Crippen LogP contribution is 2.58. The Hall–Kier alpha value is -2.42. The Morgan fingerprint density at radius 2 is 1.12 bits per heavy atom. The van der Waals surface area contributed by atoms with E-state index < -0.39 is 0 Å². The largest absolute Gasteiger partial charge is 0.248 e. The number of nitrogens with zero attached hydrogens (tertiary/aromatic N) is 2. The van der Waals surface area contributed by atoms with Crippen LogP contribution in [0, 0.1) is 0 Å². The van der Waals surface area contributed by atoms with Crippen molar-refractivity contribution in [1.29, 1.82) is 0 Å². The number of hydrogen-bond acceptors (Lipinski definition) is 2. The summed E-state index contributed by atoms with van der Waals surface area (Å²) in [6.07, 6.45) is 8.93. The predicted octanol–water partition coefficient (Wildman–Crippen LogP) is 8.15. The van der Waals surface area contributed by atoms with Gasteiger partial charge >= 0.3 is 0 Å². The molecule has 7 rings (SSSR count). The smallest absolute Gasteiger partial charge is 0.0906 e. The lowest BCUT2D eigenvalue weighted by Gasteiger charge is -2.50. The minimum Gasteiger partial charge on any atom is -0.248 e. The lowest BCUT2D eigenvalue weighted by molar-refractivity contribution is 0.427. The van der Waals surface area contributed by atoms with Gasteiger partial charge in [0.2, 0.25) is 0 Å². The molecule has 0 spiro atoms. The van der Waals surface area contributed by atoms with E-state index in [0.717, 1.165) is 48.1 Å². The first-order chi connectivity index (χ1) is 15.5. The van der Waals surface area contributed by atoms with E-state index in [-0.39, 0.29) is 10.8 Å². The molecule has 0 aliphatic heterocycles. The molecule has 3 aliphatic rings. The number of halogens is 2. The molecule has 0 saturated heterocycles. The summed E-state index contributed by atoms with van der Waals surface area (Å²) in [7, 11) is 0. The van der Waals surface area contributed by atoms with Gasteiger partial charge in [0.05, 0.1) is 43.3 Å². The molecule has 0 saturated carbocycles. The van der Waals surface area contributed by atoms with Crippen molar-refractivity contribution in [3.05, 3.63) is 93.2 Å². The third-order valence-corrected chi connectivity index (χ3v) is 8.06. The van der Waals surface area contributed by atoms with Gasteiger partial charge in [0.25, 0.3) is 0 Å². The van der Waals surface area contributed by atoms with Gasteiger partial charge in [-0.15, -0.1) is 0 Å². The van der Waals surface area contributed by atoms with Crippen molar-refractivity contribution in [2.24, 2.45) is 0 Å². The van der Waals surface area contributed by atoms with Gasteiger partial charge in [-0.1, -0.05) is 86.3 Å². The van der Waals surface area contributed by atoms with Crippen LogP contribution >= 0.6 is 23.2 Å². The summed E-state index contributed by atoms with van der Waals surface area (Å²) in [6.45, 7) is 4.49. The average Bonchev–Trinajstić information content (AvgIpc) is 2.79. The van der Waals surface area contributed by atoms with Gasteiger partial charge in [-0.25, -0.2) is 9.97 Å². The monoisotopic (exact) mass is 458 g/mol. The molecular formula is C28H24Cl2N2. The van der Waals surface area contributed by atoms with Crippen LogP contribution in [0.3, 0.4) is 0 Å². The second kappa shape index (κ2) is 7.04. The van der Waals surface area contributed by atoms with Gasteiger partial charge in [-0.3, -0.25) is 0 Å². The van der Waals surface area contributed by atoms with E-state index in [0.29, 0.717) is 10.0 Å². The van der Waals surface area contributed by atoms with Gasteiger partial charge in [-0.05, 0) is 59.0 Å². The zero-order chi connectivity index (χ0) is 22.1. The normalized spacial score (nSPS) is 23.0. The summed E-state index contributed by atoms with van der Waals surface area (Å²) in [6, 6.07) is 17.2. The second-order valence-corrected chi connectivity index (χ2v) is 10.0. The van der Waals surface area contributed by atoms with Gasteiger partial charge in [0, 0.05) is 0 Å². The van der Waals surface area contributed by atoms with Crippen LogP contribution in [0.1, 0.15) is 62.0 Å². The number of hydrogen-bond donors (Lipinski definition) is 0. The molecule has 2 atom stereocenters. The molecule has 3 aromatic carbocycles. The van der Waals surface area contributed by atoms with E-state index in [1.54, 1.807) is 0 Å². The molecular weight excluding hydrogens is 435 g/mol. The van der Waals surface area contributed by atoms with Crippen molar-refractivity contribution in [3.8, 4) is 0 Å². The first kappa shape index (κ1) is 20.2. The fourth-order valence-electron chi connectivity index (χ4n) is 5.99. The van der Waals surface area contributed by atoms with Crippen molar-refractivity contribution in [1.82, 2.24) is 9.97 Å². The van der Waals surface area contributed by atoms with Gasteiger partial charge in [0.1, 0.15) is 0 Å². The molecule has 3 aliphatic carbocycles. The standard InChI is InChI=1S/C28H24Cl2N2/c1-3-9-27-11-12-28(10-4-2,20-14-18-8-6-5-7-17(18)13-19(20)27)26-25(27)31-23-15-21(29)22(30)16-24(23)32-26/h5-8,11-16H,3-4,9-10H2,1-2H3/t27-,28+. The fraction of sp³-hybridized carbons (Fsp3) is 0.286. The van der Waals surface area contributed by atoms with Crippen LogP contribution in [0.15, 0.2) is 60.7 Å². The predicted molar refractivity (Wildman–Crippen MR) is 134 cm³/mol. The van der Waals surface area contributed by atoms with Crippen LogP contribution in [-0.2, 0) is 10.8 Å². The lowest BCUT2D eigenvalue weighted by Crippen LogP contribution is -2.47. The fourth-order valence-corrected chi connectivity index (χ4v) is 6.31. The molecule has 0 N–H and O–H groups in total. The molecule has 0 fully saturated rings. The van der Waals surface area contributed by atoms with Crippen LogP contribution in [-0.4, -0.2) is 9.97 Å². The molecule has 4 aromatic rings. The molecule has 160 valence electrons. The molecule has 0 radical (unpaired) electrons. The summed E-state index contributed by atoms with van der Waals surface area (Å²) in [4.78, 5) is 10.5. The highest BCUT2D eigenvalue weighted by Gasteiger charge is 2.54. The zero-order valence-corrected chi connectivity index (χ0v) is 19.8. The maximum atomic E-state index is 6.36. The Balaban J connectivity index is 1.76. The maximum absolute atomic E-state index is 6.36. The van der Waals surface area contributed by atoms with E-state index in [9.17, 15) is 0 Å². The van der Waals surface area contributed by atoms with Crippen LogP contribution in [0.4, 0.5) is 0 Å². The Morgan fingerprint density at radius 1 is 0.688 bits per heavy atom. The van der Waals surface area contributed by atoms with E-state index in [2.05, 4.69) is 62.4 Å². The Bertz CT molecular complexity index is 1330. The highest BCUT2D eigenvalue weighted by atomic mass is 35.5. The average molecular weight is 459 g/mol. The number of benzene rings is 3. The number of allylic oxidation sites excluding steroid dienone is 2. The van der Waals surface area contributed by atoms with Crippen molar-refractivity contribution in [2.45, 2.75) is 50.4 Å². The summed E-state index contributed by atoms with van der Waals surface area (Å²) in [5.41, 5.74) is 6.02. The third-order valence-electron chi connectivity index (χ3n) is 7.34. The van der Waals surface area contributed by atoms with Crippen molar-refractivity contribution in [3.63, 3.8) is 0 Å². The van der Waals surface area contributed by atoms with Crippen molar-refractivity contribution >= 4 is 45.0 Å². The van der Waals surface area contributed by atoms with Crippen molar-refractivity contribution < 1.29 is 0 Å². The molecule has 2 nitrogen and oxygen atoms in total. The quantitative estimate of drug-likeness (QED) is 0.288. The summed E-state index contributed by atoms with van der Waals surface area (Å²) >= 11 is 12.7. The molecule has 2 bridgehead atoms. The summed E-state index contributed by atoms with van der Waals surface area (Å²) in [5.74, 6) is 0. The van der Waals surface area contributed by atoms with Crippen LogP contribution in [0.5, 0.6) is 0 Å². The molecule has 1 aromatic heterocycles. The van der Waals surface area contributed by atoms with E-state index >= 15 is 0 Å². The maximum Gasteiger partial charge on any atom is 0.0906 e. The van der Waals surface area contributed by atoms with Crippen molar-refractivity contribution in [2.75, 3.05) is 0 Å². The molecule has 1 heterocycles. The molecule has 0 amide bonds. The highest BCUT2D eigenvalue weighted by molar-refractivity contribution is 6.42. The van der Waals surface area contributed by atoms with E-state index in [1.807, 2.05) is 12.1 Å². The van der Waals surface area contributed by atoms with Gasteiger partial charge in [-0.2, -0.15) is 0 Å². The summed E-state index contributed by atoms with van der Waals surface area (Å²) in [5, 5.41) is 3.59. The number of fused-ring (bicyclic) bond motifs is 2. The topological polar surface area (TPSA) is 25.8 Å². The van der Waals surface area contributed by atoms with E-state index in [1.165, 1.54) is 21.9 Å².